The molecule has 1 heterocycles. The van der Waals surface area contributed by atoms with E-state index in [1.807, 2.05) is 19.1 Å². The molecule has 0 saturated carbocycles. The number of hydrogen-bond donors (Lipinski definition) is 1. The van der Waals surface area contributed by atoms with Crippen molar-refractivity contribution in [3.63, 3.8) is 0 Å². The molecule has 2 aromatic carbocycles. The molecule has 3 rings (SSSR count). The molecule has 0 fully saturated rings. The van der Waals surface area contributed by atoms with Crippen LogP contribution < -0.4 is 5.32 Å². The number of nitrogens with one attached hydrogen (secondary N) is 1. The van der Waals surface area contributed by atoms with Crippen LogP contribution in [0.4, 0.5) is 5.13 Å². The van der Waals surface area contributed by atoms with Crippen molar-refractivity contribution in [2.45, 2.75) is 6.92 Å². The van der Waals surface area contributed by atoms with Gasteiger partial charge in [-0.25, -0.2) is 4.98 Å². The molecule has 1 N–H and O–H groups in total. The van der Waals surface area contributed by atoms with Crippen LogP contribution in [0.5, 0.6) is 0 Å². The van der Waals surface area contributed by atoms with E-state index in [2.05, 4.69) is 32.3 Å². The molecule has 3 aromatic rings. The predicted molar refractivity (Wildman–Crippen MR) is 91.5 cm³/mol. The van der Waals surface area contributed by atoms with Crippen LogP contribution in [-0.4, -0.2) is 10.9 Å². The molecule has 0 aliphatic rings. The summed E-state index contributed by atoms with van der Waals surface area (Å²) in [5.41, 5.74) is 2.58. The first-order valence-corrected chi connectivity index (χ1v) is 8.15. The lowest BCUT2D eigenvalue weighted by atomic mass is 10.2. The minimum atomic E-state index is -0.214. The van der Waals surface area contributed by atoms with Gasteiger partial charge in [-0.15, -0.1) is 0 Å². The SMILES string of the molecule is Cc1ccc2nc(NC(=O)c3ccc(Cl)cc3Br)sc2c1. The first-order valence-electron chi connectivity index (χ1n) is 6.16. The second kappa shape index (κ2) is 5.75. The van der Waals surface area contributed by atoms with Gasteiger partial charge in [0, 0.05) is 9.50 Å². The summed E-state index contributed by atoms with van der Waals surface area (Å²) in [5.74, 6) is -0.214. The maximum absolute atomic E-state index is 12.3. The maximum atomic E-state index is 12.3. The van der Waals surface area contributed by atoms with Crippen LogP contribution in [0, 0.1) is 6.92 Å². The summed E-state index contributed by atoms with van der Waals surface area (Å²) >= 11 is 10.7. The van der Waals surface area contributed by atoms with Gasteiger partial charge in [0.2, 0.25) is 0 Å². The van der Waals surface area contributed by atoms with Crippen LogP contribution >= 0.6 is 38.9 Å². The van der Waals surface area contributed by atoms with E-state index in [1.54, 1.807) is 18.2 Å². The number of carbonyl (C=O) groups excluding carboxylic acids is 1. The maximum Gasteiger partial charge on any atom is 0.258 e. The third-order valence-electron chi connectivity index (χ3n) is 2.94. The van der Waals surface area contributed by atoms with E-state index in [9.17, 15) is 4.79 Å². The summed E-state index contributed by atoms with van der Waals surface area (Å²) in [6, 6.07) is 11.1. The van der Waals surface area contributed by atoms with Crippen molar-refractivity contribution in [1.82, 2.24) is 4.98 Å². The highest BCUT2D eigenvalue weighted by atomic mass is 79.9. The Labute approximate surface area is 139 Å². The number of halogens is 2. The molecule has 21 heavy (non-hydrogen) atoms. The highest BCUT2D eigenvalue weighted by Gasteiger charge is 2.13. The number of hydrogen-bond acceptors (Lipinski definition) is 3. The van der Waals surface area contributed by atoms with Crippen molar-refractivity contribution in [2.24, 2.45) is 0 Å². The zero-order chi connectivity index (χ0) is 15.0. The van der Waals surface area contributed by atoms with Gasteiger partial charge in [-0.1, -0.05) is 29.0 Å². The molecule has 0 bridgehead atoms. The summed E-state index contributed by atoms with van der Waals surface area (Å²) in [6.45, 7) is 2.03. The lowest BCUT2D eigenvalue weighted by Crippen LogP contribution is -2.12. The smallest absolute Gasteiger partial charge is 0.258 e. The van der Waals surface area contributed by atoms with Crippen molar-refractivity contribution in [3.05, 3.63) is 57.0 Å². The van der Waals surface area contributed by atoms with Crippen LogP contribution in [0.1, 0.15) is 15.9 Å². The van der Waals surface area contributed by atoms with E-state index in [1.165, 1.54) is 16.9 Å². The predicted octanol–water partition coefficient (Wildman–Crippen LogP) is 5.27. The van der Waals surface area contributed by atoms with E-state index >= 15 is 0 Å². The van der Waals surface area contributed by atoms with Gasteiger partial charge in [0.25, 0.3) is 5.91 Å². The summed E-state index contributed by atoms with van der Waals surface area (Å²) in [5, 5.41) is 3.99. The largest absolute Gasteiger partial charge is 0.298 e. The van der Waals surface area contributed by atoms with E-state index in [-0.39, 0.29) is 5.91 Å². The molecule has 0 aliphatic carbocycles. The number of benzene rings is 2. The lowest BCUT2D eigenvalue weighted by Gasteiger charge is -2.04. The molecular weight excluding hydrogens is 372 g/mol. The average molecular weight is 382 g/mol. The number of carbonyl (C=O) groups is 1. The summed E-state index contributed by atoms with van der Waals surface area (Å²) < 4.78 is 1.71. The molecule has 0 saturated heterocycles. The van der Waals surface area contributed by atoms with Crippen molar-refractivity contribution >= 4 is 60.1 Å². The number of fused-ring (bicyclic) bond motifs is 1. The van der Waals surface area contributed by atoms with Crippen molar-refractivity contribution in [2.75, 3.05) is 5.32 Å². The lowest BCUT2D eigenvalue weighted by molar-refractivity contribution is 0.102. The van der Waals surface area contributed by atoms with Gasteiger partial charge in [0.15, 0.2) is 5.13 Å². The fourth-order valence-electron chi connectivity index (χ4n) is 1.92. The highest BCUT2D eigenvalue weighted by Crippen LogP contribution is 2.28. The average Bonchev–Trinajstić information content (AvgIpc) is 2.79. The Balaban J connectivity index is 1.89. The molecule has 1 amide bonds. The zero-order valence-electron chi connectivity index (χ0n) is 11.0. The molecule has 3 nitrogen and oxygen atoms in total. The fraction of sp³-hybridized carbons (Fsp3) is 0.0667. The monoisotopic (exact) mass is 380 g/mol. The van der Waals surface area contributed by atoms with Crippen LogP contribution in [0.2, 0.25) is 5.02 Å². The van der Waals surface area contributed by atoms with Crippen LogP contribution in [0.25, 0.3) is 10.2 Å². The third kappa shape index (κ3) is 3.10. The van der Waals surface area contributed by atoms with Gasteiger partial charge in [0.1, 0.15) is 0 Å². The number of amides is 1. The number of nitrogens with zero attached hydrogens (tertiary/aromatic N) is 1. The second-order valence-electron chi connectivity index (χ2n) is 4.57. The Bertz CT molecular complexity index is 847. The van der Waals surface area contributed by atoms with Gasteiger partial charge >= 0.3 is 0 Å². The standard InChI is InChI=1S/C15H10BrClN2OS/c1-8-2-5-12-13(6-8)21-15(18-12)19-14(20)10-4-3-9(17)7-11(10)16/h2-7H,1H3,(H,18,19,20). The van der Waals surface area contributed by atoms with Crippen LogP contribution in [-0.2, 0) is 0 Å². The molecule has 0 radical (unpaired) electrons. The first-order chi connectivity index (χ1) is 10.0. The third-order valence-corrected chi connectivity index (χ3v) is 4.76. The van der Waals surface area contributed by atoms with Gasteiger partial charge in [-0.2, -0.15) is 0 Å². The van der Waals surface area contributed by atoms with Crippen molar-refractivity contribution in [3.8, 4) is 0 Å². The van der Waals surface area contributed by atoms with Crippen LogP contribution in [0.3, 0.4) is 0 Å². The second-order valence-corrected chi connectivity index (χ2v) is 6.89. The van der Waals surface area contributed by atoms with E-state index in [4.69, 9.17) is 11.6 Å². The topological polar surface area (TPSA) is 42.0 Å². The number of aryl methyl sites for hydroxylation is 1. The number of aromatic nitrogens is 1. The number of anilines is 1. The molecule has 1 aromatic heterocycles. The van der Waals surface area contributed by atoms with E-state index < -0.39 is 0 Å². The number of thiazole rings is 1. The van der Waals surface area contributed by atoms with Gasteiger partial charge in [0.05, 0.1) is 15.8 Å². The van der Waals surface area contributed by atoms with E-state index in [0.29, 0.717) is 20.2 Å². The van der Waals surface area contributed by atoms with Gasteiger partial charge < -0.3 is 0 Å². The van der Waals surface area contributed by atoms with E-state index in [0.717, 1.165) is 10.2 Å². The van der Waals surface area contributed by atoms with Gasteiger partial charge in [-0.05, 0) is 58.7 Å². The minimum absolute atomic E-state index is 0.214. The number of rotatable bonds is 2. The van der Waals surface area contributed by atoms with Crippen LogP contribution in [0.15, 0.2) is 40.9 Å². The minimum Gasteiger partial charge on any atom is -0.298 e. The Hall–Kier alpha value is -1.43. The molecule has 0 atom stereocenters. The normalized spacial score (nSPS) is 10.8. The zero-order valence-corrected chi connectivity index (χ0v) is 14.1. The molecule has 0 aliphatic heterocycles. The summed E-state index contributed by atoms with van der Waals surface area (Å²) in [7, 11) is 0. The molecule has 106 valence electrons. The summed E-state index contributed by atoms with van der Waals surface area (Å²) in [6.07, 6.45) is 0. The molecule has 0 unspecified atom stereocenters. The highest BCUT2D eigenvalue weighted by molar-refractivity contribution is 9.10. The Kier molecular flexibility index (Phi) is 3.97. The quantitative estimate of drug-likeness (QED) is 0.657. The molecular formula is C15H10BrClN2OS. The molecule has 6 heteroatoms. The Morgan fingerprint density at radius 1 is 1.29 bits per heavy atom. The first kappa shape index (κ1) is 14.5. The fourth-order valence-corrected chi connectivity index (χ4v) is 3.75. The van der Waals surface area contributed by atoms with Crippen molar-refractivity contribution < 1.29 is 4.79 Å². The Morgan fingerprint density at radius 2 is 2.10 bits per heavy atom. The van der Waals surface area contributed by atoms with Gasteiger partial charge in [-0.3, -0.25) is 10.1 Å². The molecule has 0 spiro atoms. The summed E-state index contributed by atoms with van der Waals surface area (Å²) in [4.78, 5) is 16.7. The Morgan fingerprint density at radius 3 is 2.86 bits per heavy atom. The van der Waals surface area contributed by atoms with Crippen molar-refractivity contribution in [1.29, 1.82) is 0 Å².